The number of carbonyl (C=O) groups is 1. The van der Waals surface area contributed by atoms with E-state index in [0.717, 1.165) is 11.3 Å². The zero-order valence-electron chi connectivity index (χ0n) is 11.7. The first-order chi connectivity index (χ1) is 9.58. The van der Waals surface area contributed by atoms with Gasteiger partial charge in [-0.05, 0) is 31.5 Å². The maximum Gasteiger partial charge on any atom is 0.247 e. The number of aryl methyl sites for hydroxylation is 2. The minimum absolute atomic E-state index is 0.0144. The summed E-state index contributed by atoms with van der Waals surface area (Å²) in [4.78, 5) is 13.9. The summed E-state index contributed by atoms with van der Waals surface area (Å²) in [5, 5.41) is 0. The molecule has 2 N–H and O–H groups in total. The Morgan fingerprint density at radius 2 is 1.40 bits per heavy atom. The Labute approximate surface area is 119 Å². The number of nitrogens with zero attached hydrogens (tertiary/aromatic N) is 1. The number of hydrogen-bond donors (Lipinski definition) is 1. The van der Waals surface area contributed by atoms with Gasteiger partial charge in [0.05, 0.1) is 6.04 Å². The van der Waals surface area contributed by atoms with Crippen LogP contribution in [0.4, 0.5) is 5.69 Å². The van der Waals surface area contributed by atoms with Gasteiger partial charge in [-0.1, -0.05) is 47.5 Å². The highest BCUT2D eigenvalue weighted by Crippen LogP contribution is 2.38. The Hall–Kier alpha value is -2.13. The Morgan fingerprint density at radius 3 is 1.95 bits per heavy atom. The predicted molar refractivity (Wildman–Crippen MR) is 80.6 cm³/mol. The molecular formula is C17H18N2O. The molecule has 1 amide bonds. The lowest BCUT2D eigenvalue weighted by Crippen LogP contribution is -2.63. The number of anilines is 1. The molecule has 2 aromatic rings. The molecule has 0 spiro atoms. The summed E-state index contributed by atoms with van der Waals surface area (Å²) in [6, 6.07) is 15.7. The van der Waals surface area contributed by atoms with Crippen LogP contribution >= 0.6 is 0 Å². The topological polar surface area (TPSA) is 46.3 Å². The van der Waals surface area contributed by atoms with Gasteiger partial charge < -0.3 is 10.6 Å². The van der Waals surface area contributed by atoms with Crippen molar-refractivity contribution in [1.29, 1.82) is 0 Å². The zero-order chi connectivity index (χ0) is 14.3. The lowest BCUT2D eigenvalue weighted by Gasteiger charge is -2.45. The zero-order valence-corrected chi connectivity index (χ0v) is 11.7. The first kappa shape index (κ1) is 12.9. The van der Waals surface area contributed by atoms with E-state index in [-0.39, 0.29) is 11.9 Å². The summed E-state index contributed by atoms with van der Waals surface area (Å²) < 4.78 is 0. The van der Waals surface area contributed by atoms with E-state index < -0.39 is 6.04 Å². The fourth-order valence-electron chi connectivity index (χ4n) is 2.62. The summed E-state index contributed by atoms with van der Waals surface area (Å²) in [7, 11) is 0. The molecule has 2 unspecified atom stereocenters. The second kappa shape index (κ2) is 4.76. The molecule has 0 aliphatic carbocycles. The minimum Gasteiger partial charge on any atom is -0.318 e. The van der Waals surface area contributed by atoms with Crippen molar-refractivity contribution in [1.82, 2.24) is 0 Å². The molecule has 1 aliphatic rings. The molecule has 0 aromatic heterocycles. The van der Waals surface area contributed by atoms with E-state index >= 15 is 0 Å². The van der Waals surface area contributed by atoms with Crippen LogP contribution in [0.25, 0.3) is 0 Å². The minimum atomic E-state index is -0.445. The predicted octanol–water partition coefficient (Wildman–Crippen LogP) is 2.72. The molecule has 1 fully saturated rings. The maximum atomic E-state index is 12.1. The molecule has 0 bridgehead atoms. The Kier molecular flexibility index (Phi) is 3.07. The normalized spacial score (nSPS) is 21.8. The van der Waals surface area contributed by atoms with Crippen LogP contribution in [0.5, 0.6) is 0 Å². The highest BCUT2D eigenvalue weighted by atomic mass is 16.2. The molecule has 102 valence electrons. The Balaban J connectivity index is 1.95. The van der Waals surface area contributed by atoms with Crippen molar-refractivity contribution in [2.45, 2.75) is 25.9 Å². The molecule has 1 aliphatic heterocycles. The molecule has 2 aromatic carbocycles. The molecule has 1 saturated heterocycles. The van der Waals surface area contributed by atoms with Crippen LogP contribution < -0.4 is 10.6 Å². The van der Waals surface area contributed by atoms with Crippen molar-refractivity contribution in [3.05, 3.63) is 65.2 Å². The molecule has 1 heterocycles. The lowest BCUT2D eigenvalue weighted by atomic mass is 9.88. The van der Waals surface area contributed by atoms with E-state index in [1.807, 2.05) is 50.2 Å². The third-order valence-electron chi connectivity index (χ3n) is 3.87. The van der Waals surface area contributed by atoms with Crippen molar-refractivity contribution in [2.24, 2.45) is 5.73 Å². The molecule has 3 rings (SSSR count). The number of hydrogen-bond acceptors (Lipinski definition) is 2. The number of carbonyl (C=O) groups excluding carboxylic acids is 1. The molecule has 3 nitrogen and oxygen atoms in total. The third kappa shape index (κ3) is 2.00. The van der Waals surface area contributed by atoms with Crippen LogP contribution in [-0.2, 0) is 4.79 Å². The molecule has 0 radical (unpaired) electrons. The van der Waals surface area contributed by atoms with E-state index in [2.05, 4.69) is 12.1 Å². The summed E-state index contributed by atoms with van der Waals surface area (Å²) in [6.45, 7) is 4.08. The van der Waals surface area contributed by atoms with Crippen LogP contribution in [0.1, 0.15) is 22.7 Å². The largest absolute Gasteiger partial charge is 0.318 e. The number of β-lactam (4-membered cyclic amide) rings is 1. The highest BCUT2D eigenvalue weighted by molar-refractivity contribution is 6.05. The van der Waals surface area contributed by atoms with Crippen molar-refractivity contribution in [2.75, 3.05) is 4.90 Å². The van der Waals surface area contributed by atoms with Gasteiger partial charge in [-0.25, -0.2) is 0 Å². The van der Waals surface area contributed by atoms with Gasteiger partial charge in [-0.3, -0.25) is 4.79 Å². The smallest absolute Gasteiger partial charge is 0.247 e. The number of nitrogens with two attached hydrogens (primary N) is 1. The Morgan fingerprint density at radius 1 is 0.900 bits per heavy atom. The van der Waals surface area contributed by atoms with E-state index in [4.69, 9.17) is 5.73 Å². The average Bonchev–Trinajstić information content (AvgIpc) is 2.46. The molecular weight excluding hydrogens is 248 g/mol. The Bertz CT molecular complexity index is 631. The summed E-state index contributed by atoms with van der Waals surface area (Å²) >= 11 is 0. The van der Waals surface area contributed by atoms with Crippen LogP contribution in [0, 0.1) is 13.8 Å². The van der Waals surface area contributed by atoms with Crippen LogP contribution in [-0.4, -0.2) is 11.9 Å². The van der Waals surface area contributed by atoms with Gasteiger partial charge in [0.15, 0.2) is 0 Å². The summed E-state index contributed by atoms with van der Waals surface area (Å²) in [5.74, 6) is -0.0144. The molecule has 0 saturated carbocycles. The standard InChI is InChI=1S/C17H18N2O/c1-11-3-7-13(8-4-11)16-15(18)17(20)19(16)14-9-5-12(2)6-10-14/h3-10,15-16H,18H2,1-2H3. The van der Waals surface area contributed by atoms with Gasteiger partial charge in [0.1, 0.15) is 6.04 Å². The van der Waals surface area contributed by atoms with E-state index in [1.54, 1.807) is 4.90 Å². The first-order valence-electron chi connectivity index (χ1n) is 6.80. The third-order valence-corrected chi connectivity index (χ3v) is 3.87. The SMILES string of the molecule is Cc1ccc(C2C(N)C(=O)N2c2ccc(C)cc2)cc1. The van der Waals surface area contributed by atoms with Crippen LogP contribution in [0.15, 0.2) is 48.5 Å². The second-order valence-electron chi connectivity index (χ2n) is 5.43. The van der Waals surface area contributed by atoms with Gasteiger partial charge in [-0.2, -0.15) is 0 Å². The molecule has 3 heteroatoms. The summed E-state index contributed by atoms with van der Waals surface area (Å²) in [5.41, 5.74) is 10.4. The van der Waals surface area contributed by atoms with Crippen molar-refractivity contribution in [3.8, 4) is 0 Å². The van der Waals surface area contributed by atoms with Crippen molar-refractivity contribution >= 4 is 11.6 Å². The van der Waals surface area contributed by atoms with Gasteiger partial charge >= 0.3 is 0 Å². The van der Waals surface area contributed by atoms with E-state index in [0.29, 0.717) is 0 Å². The first-order valence-corrected chi connectivity index (χ1v) is 6.80. The average molecular weight is 266 g/mol. The van der Waals surface area contributed by atoms with Gasteiger partial charge in [0.2, 0.25) is 5.91 Å². The van der Waals surface area contributed by atoms with E-state index in [1.165, 1.54) is 11.1 Å². The van der Waals surface area contributed by atoms with Gasteiger partial charge in [-0.15, -0.1) is 0 Å². The fourth-order valence-corrected chi connectivity index (χ4v) is 2.62. The summed E-state index contributed by atoms with van der Waals surface area (Å²) in [6.07, 6.45) is 0. The fraction of sp³-hybridized carbons (Fsp3) is 0.235. The monoisotopic (exact) mass is 266 g/mol. The highest BCUT2D eigenvalue weighted by Gasteiger charge is 2.46. The van der Waals surface area contributed by atoms with Crippen molar-refractivity contribution in [3.63, 3.8) is 0 Å². The lowest BCUT2D eigenvalue weighted by molar-refractivity contribution is -0.126. The quantitative estimate of drug-likeness (QED) is 0.849. The van der Waals surface area contributed by atoms with Gasteiger partial charge in [0, 0.05) is 5.69 Å². The number of amides is 1. The molecule has 2 atom stereocenters. The van der Waals surface area contributed by atoms with E-state index in [9.17, 15) is 4.79 Å². The van der Waals surface area contributed by atoms with Crippen LogP contribution in [0.3, 0.4) is 0 Å². The van der Waals surface area contributed by atoms with Crippen molar-refractivity contribution < 1.29 is 4.79 Å². The van der Waals surface area contributed by atoms with Crippen LogP contribution in [0.2, 0.25) is 0 Å². The second-order valence-corrected chi connectivity index (χ2v) is 5.43. The molecule has 20 heavy (non-hydrogen) atoms. The number of rotatable bonds is 2. The number of benzene rings is 2. The van der Waals surface area contributed by atoms with Gasteiger partial charge in [0.25, 0.3) is 0 Å². The maximum absolute atomic E-state index is 12.1.